The lowest BCUT2D eigenvalue weighted by atomic mass is 9.93. The highest BCUT2D eigenvalue weighted by atomic mass is 16.5. The summed E-state index contributed by atoms with van der Waals surface area (Å²) in [4.78, 5) is 48.7. The minimum atomic E-state index is -0.288. The molecule has 240 valence electrons. The monoisotopic (exact) mass is 608 g/mol. The first-order valence-electron chi connectivity index (χ1n) is 16.3. The van der Waals surface area contributed by atoms with Crippen molar-refractivity contribution < 1.29 is 38.1 Å². The Labute approximate surface area is 261 Å². The van der Waals surface area contributed by atoms with Crippen LogP contribution in [0.1, 0.15) is 122 Å². The number of carbonyl (C=O) groups is 4. The molecule has 0 amide bonds. The molecule has 1 heterocycles. The lowest BCUT2D eigenvalue weighted by Crippen LogP contribution is -2.17. The van der Waals surface area contributed by atoms with E-state index in [0.29, 0.717) is 62.6 Å². The molecule has 0 radical (unpaired) electrons. The Hall–Kier alpha value is -3.68. The van der Waals surface area contributed by atoms with Gasteiger partial charge >= 0.3 is 11.9 Å². The van der Waals surface area contributed by atoms with Crippen molar-refractivity contribution in [2.75, 3.05) is 26.4 Å². The van der Waals surface area contributed by atoms with Gasteiger partial charge in [-0.25, -0.2) is 0 Å². The lowest BCUT2D eigenvalue weighted by molar-refractivity contribution is -0.144. The molecule has 0 aliphatic carbocycles. The van der Waals surface area contributed by atoms with Gasteiger partial charge in [0.15, 0.2) is 11.6 Å². The number of aryl methyl sites for hydroxylation is 2. The number of rotatable bonds is 20. The molecule has 0 spiro atoms. The summed E-state index contributed by atoms with van der Waals surface area (Å²) in [7, 11) is 0. The van der Waals surface area contributed by atoms with Crippen molar-refractivity contribution in [2.24, 2.45) is 0 Å². The fourth-order valence-corrected chi connectivity index (χ4v) is 5.47. The number of fused-ring (bicyclic) bond motifs is 1. The van der Waals surface area contributed by atoms with Gasteiger partial charge in [-0.3, -0.25) is 19.2 Å². The number of hydrogen-bond donors (Lipinski definition) is 0. The van der Waals surface area contributed by atoms with E-state index in [1.807, 2.05) is 30.3 Å². The smallest absolute Gasteiger partial charge is 0.306 e. The summed E-state index contributed by atoms with van der Waals surface area (Å²) in [6.07, 6.45) is 8.68. The molecule has 8 heteroatoms. The number of hydrogen-bond acceptors (Lipinski definition) is 8. The summed E-state index contributed by atoms with van der Waals surface area (Å²) in [6, 6.07) is 9.49. The molecule has 0 atom stereocenters. The number of benzene rings is 2. The summed E-state index contributed by atoms with van der Waals surface area (Å²) in [5, 5.41) is 0. The molecule has 0 bridgehead atoms. The van der Waals surface area contributed by atoms with Crippen molar-refractivity contribution in [3.63, 3.8) is 0 Å². The van der Waals surface area contributed by atoms with Gasteiger partial charge in [0.05, 0.1) is 32.0 Å². The fourth-order valence-electron chi connectivity index (χ4n) is 5.47. The summed E-state index contributed by atoms with van der Waals surface area (Å²) >= 11 is 0. The van der Waals surface area contributed by atoms with Gasteiger partial charge in [-0.05, 0) is 81.7 Å². The zero-order valence-corrected chi connectivity index (χ0v) is 26.7. The van der Waals surface area contributed by atoms with Crippen LogP contribution in [0.2, 0.25) is 0 Å². The quantitative estimate of drug-likeness (QED) is 0.0883. The maximum atomic E-state index is 12.8. The molecule has 0 saturated carbocycles. The van der Waals surface area contributed by atoms with Crippen molar-refractivity contribution >= 4 is 23.5 Å². The zero-order valence-electron chi connectivity index (χ0n) is 26.7. The molecule has 0 aromatic heterocycles. The van der Waals surface area contributed by atoms with Crippen LogP contribution in [-0.2, 0) is 38.3 Å². The third-order valence-electron chi connectivity index (χ3n) is 7.71. The van der Waals surface area contributed by atoms with Gasteiger partial charge in [0, 0.05) is 36.8 Å². The van der Waals surface area contributed by atoms with E-state index < -0.39 is 0 Å². The second-order valence-corrected chi connectivity index (χ2v) is 11.1. The largest absolute Gasteiger partial charge is 0.493 e. The first-order chi connectivity index (χ1) is 21.4. The van der Waals surface area contributed by atoms with Gasteiger partial charge in [0.25, 0.3) is 0 Å². The van der Waals surface area contributed by atoms with Gasteiger partial charge in [-0.15, -0.1) is 0 Å². The van der Waals surface area contributed by atoms with E-state index in [2.05, 4.69) is 6.92 Å². The maximum Gasteiger partial charge on any atom is 0.306 e. The maximum absolute atomic E-state index is 12.8. The van der Waals surface area contributed by atoms with E-state index in [4.69, 9.17) is 18.9 Å². The number of ether oxygens (including phenoxy) is 4. The number of ketones is 2. The second-order valence-electron chi connectivity index (χ2n) is 11.1. The predicted octanol–water partition coefficient (Wildman–Crippen LogP) is 7.20. The molecule has 1 aliphatic rings. The average molecular weight is 609 g/mol. The molecule has 0 saturated heterocycles. The highest BCUT2D eigenvalue weighted by Crippen LogP contribution is 2.36. The molecular weight excluding hydrogens is 560 g/mol. The fraction of sp³-hybridized carbons (Fsp3) is 0.556. The minimum Gasteiger partial charge on any atom is -0.493 e. The van der Waals surface area contributed by atoms with Crippen LogP contribution in [0.5, 0.6) is 11.5 Å². The second kappa shape index (κ2) is 18.9. The predicted molar refractivity (Wildman–Crippen MR) is 169 cm³/mol. The van der Waals surface area contributed by atoms with Crippen molar-refractivity contribution in [3.05, 3.63) is 58.1 Å². The van der Waals surface area contributed by atoms with Crippen molar-refractivity contribution in [3.8, 4) is 11.5 Å². The van der Waals surface area contributed by atoms with Crippen molar-refractivity contribution in [2.45, 2.75) is 104 Å². The van der Waals surface area contributed by atoms with E-state index in [1.165, 1.54) is 0 Å². The molecule has 2 aromatic rings. The molecule has 3 rings (SSSR count). The van der Waals surface area contributed by atoms with Gasteiger partial charge in [0.1, 0.15) is 11.5 Å². The Kier molecular flexibility index (Phi) is 14.9. The molecular formula is C36H48O8. The summed E-state index contributed by atoms with van der Waals surface area (Å²) in [5.41, 5.74) is 4.40. The van der Waals surface area contributed by atoms with Crippen LogP contribution in [0.4, 0.5) is 0 Å². The highest BCUT2D eigenvalue weighted by Gasteiger charge is 2.23. The van der Waals surface area contributed by atoms with Crippen LogP contribution in [0.15, 0.2) is 30.3 Å². The highest BCUT2D eigenvalue weighted by molar-refractivity contribution is 6.00. The van der Waals surface area contributed by atoms with E-state index in [9.17, 15) is 19.2 Å². The van der Waals surface area contributed by atoms with Crippen LogP contribution in [0.25, 0.3) is 0 Å². The molecule has 0 unspecified atom stereocenters. The lowest BCUT2D eigenvalue weighted by Gasteiger charge is -2.22. The normalized spacial score (nSPS) is 12.3. The zero-order chi connectivity index (χ0) is 31.7. The van der Waals surface area contributed by atoms with Gasteiger partial charge in [-0.2, -0.15) is 0 Å². The summed E-state index contributed by atoms with van der Waals surface area (Å²) < 4.78 is 22.1. The summed E-state index contributed by atoms with van der Waals surface area (Å²) in [5.74, 6) is 1.09. The van der Waals surface area contributed by atoms with Crippen molar-refractivity contribution in [1.82, 2.24) is 0 Å². The van der Waals surface area contributed by atoms with Crippen molar-refractivity contribution in [1.29, 1.82) is 0 Å². The summed E-state index contributed by atoms with van der Waals surface area (Å²) in [6.45, 7) is 7.36. The van der Waals surface area contributed by atoms with Gasteiger partial charge < -0.3 is 18.9 Å². The molecule has 0 N–H and O–H groups in total. The molecule has 2 aromatic carbocycles. The SMILES string of the molecule is CCCc1c(OCCCCCCc2ccc(C(=O)CCCC(=O)OCC)cc2CCC(=O)OCC)ccc2c1OCCC2=O. The Balaban J connectivity index is 1.50. The van der Waals surface area contributed by atoms with Gasteiger partial charge in [0.2, 0.25) is 0 Å². The Morgan fingerprint density at radius 3 is 2.27 bits per heavy atom. The molecule has 44 heavy (non-hydrogen) atoms. The number of carbonyl (C=O) groups excluding carboxylic acids is 4. The third-order valence-corrected chi connectivity index (χ3v) is 7.71. The Morgan fingerprint density at radius 1 is 0.773 bits per heavy atom. The van der Waals surface area contributed by atoms with Crippen LogP contribution >= 0.6 is 0 Å². The topological polar surface area (TPSA) is 105 Å². The van der Waals surface area contributed by atoms with E-state index in [-0.39, 0.29) is 42.8 Å². The van der Waals surface area contributed by atoms with Crippen LogP contribution in [0, 0.1) is 0 Å². The third kappa shape index (κ3) is 10.8. The van der Waals surface area contributed by atoms with Crippen LogP contribution in [0.3, 0.4) is 0 Å². The van der Waals surface area contributed by atoms with E-state index in [1.54, 1.807) is 13.8 Å². The van der Waals surface area contributed by atoms with Crippen LogP contribution < -0.4 is 9.47 Å². The Bertz CT molecular complexity index is 1270. The Morgan fingerprint density at radius 2 is 1.52 bits per heavy atom. The number of esters is 2. The van der Waals surface area contributed by atoms with E-state index in [0.717, 1.165) is 67.4 Å². The van der Waals surface area contributed by atoms with Crippen LogP contribution in [-0.4, -0.2) is 49.9 Å². The molecule has 0 fully saturated rings. The number of unbranched alkanes of at least 4 members (excludes halogenated alkanes) is 3. The minimum absolute atomic E-state index is 0.0163. The van der Waals surface area contributed by atoms with E-state index >= 15 is 0 Å². The number of Topliss-reactive ketones (excluding diaryl/α,β-unsaturated/α-hetero) is 2. The average Bonchev–Trinajstić information content (AvgIpc) is 3.01. The standard InChI is InChI=1S/C36H48O8/c1-4-12-30-33(20-19-29-32(38)22-24-44-36(29)30)43-23-10-8-7-9-13-26-16-17-28(25-27(26)18-21-35(40)42-6-3)31(37)14-11-15-34(39)41-5-2/h16-17,19-20,25H,4-15,18,21-24H2,1-3H3. The van der Waals surface area contributed by atoms with Gasteiger partial charge in [-0.1, -0.05) is 38.3 Å². The first-order valence-corrected chi connectivity index (χ1v) is 16.3. The molecule has 1 aliphatic heterocycles. The molecule has 8 nitrogen and oxygen atoms in total. The first kappa shape index (κ1) is 34.8.